The van der Waals surface area contributed by atoms with Crippen LogP contribution in [0.3, 0.4) is 0 Å². The Hall–Kier alpha value is -1.30. The van der Waals surface area contributed by atoms with Gasteiger partial charge in [-0.15, -0.1) is 0 Å². The fourth-order valence-electron chi connectivity index (χ4n) is 3.21. The summed E-state index contributed by atoms with van der Waals surface area (Å²) in [4.78, 5) is 27.4. The second-order valence-corrected chi connectivity index (χ2v) is 6.04. The van der Waals surface area contributed by atoms with E-state index in [2.05, 4.69) is 19.2 Å². The van der Waals surface area contributed by atoms with E-state index in [0.29, 0.717) is 12.5 Å². The molecule has 0 saturated carbocycles. The zero-order valence-corrected chi connectivity index (χ0v) is 12.6. The van der Waals surface area contributed by atoms with Crippen molar-refractivity contribution in [3.63, 3.8) is 0 Å². The molecule has 20 heavy (non-hydrogen) atoms. The lowest BCUT2D eigenvalue weighted by atomic mass is 9.99. The van der Waals surface area contributed by atoms with Crippen molar-refractivity contribution in [1.82, 2.24) is 15.1 Å². The molecule has 3 amide bonds. The zero-order chi connectivity index (χ0) is 14.7. The standard InChI is InChI=1S/C14H25N3O3/c1-10(2)8-12-9-16(14(19)20-3)13(18)17(12)11-4-6-15-7-5-11/h10-12,15H,4-9H2,1-3H3. The number of hydrogen-bond donors (Lipinski definition) is 1. The first-order valence-electron chi connectivity index (χ1n) is 7.43. The number of hydrogen-bond acceptors (Lipinski definition) is 4. The van der Waals surface area contributed by atoms with Crippen LogP contribution in [0.4, 0.5) is 9.59 Å². The number of carbonyl (C=O) groups excluding carboxylic acids is 2. The molecule has 2 heterocycles. The molecule has 1 N–H and O–H groups in total. The summed E-state index contributed by atoms with van der Waals surface area (Å²) in [5, 5.41) is 3.31. The summed E-state index contributed by atoms with van der Waals surface area (Å²) in [6, 6.07) is 0.168. The average molecular weight is 283 g/mol. The Morgan fingerprint density at radius 1 is 1.40 bits per heavy atom. The first-order chi connectivity index (χ1) is 9.54. The SMILES string of the molecule is COC(=O)N1CC(CC(C)C)N(C2CCNCC2)C1=O. The van der Waals surface area contributed by atoms with Gasteiger partial charge in [0.25, 0.3) is 0 Å². The molecule has 2 aliphatic rings. The zero-order valence-electron chi connectivity index (χ0n) is 12.6. The van der Waals surface area contributed by atoms with E-state index in [1.807, 2.05) is 4.90 Å². The van der Waals surface area contributed by atoms with Crippen molar-refractivity contribution in [2.45, 2.75) is 45.2 Å². The Bertz CT molecular complexity index is 367. The number of nitrogens with one attached hydrogen (secondary N) is 1. The Morgan fingerprint density at radius 3 is 2.60 bits per heavy atom. The summed E-state index contributed by atoms with van der Waals surface area (Å²) < 4.78 is 4.72. The van der Waals surface area contributed by atoms with E-state index < -0.39 is 6.09 Å². The van der Waals surface area contributed by atoms with Gasteiger partial charge in [0.1, 0.15) is 0 Å². The van der Waals surface area contributed by atoms with Crippen LogP contribution in [-0.4, -0.2) is 60.8 Å². The second kappa shape index (κ2) is 6.43. The normalized spacial score (nSPS) is 24.6. The Labute approximate surface area is 120 Å². The van der Waals surface area contributed by atoms with E-state index in [1.165, 1.54) is 12.0 Å². The van der Waals surface area contributed by atoms with Crippen molar-refractivity contribution in [1.29, 1.82) is 0 Å². The number of piperidine rings is 1. The third kappa shape index (κ3) is 3.06. The van der Waals surface area contributed by atoms with Gasteiger partial charge in [0, 0.05) is 6.04 Å². The number of urea groups is 1. The summed E-state index contributed by atoms with van der Waals surface area (Å²) >= 11 is 0. The number of nitrogens with zero attached hydrogens (tertiary/aromatic N) is 2. The van der Waals surface area contributed by atoms with Crippen LogP contribution in [0.15, 0.2) is 0 Å². The molecule has 0 bridgehead atoms. The Kier molecular flexibility index (Phi) is 4.86. The van der Waals surface area contributed by atoms with Gasteiger partial charge in [0.2, 0.25) is 0 Å². The number of imide groups is 1. The van der Waals surface area contributed by atoms with E-state index in [1.54, 1.807) is 0 Å². The van der Waals surface area contributed by atoms with Crippen molar-refractivity contribution in [2.24, 2.45) is 5.92 Å². The summed E-state index contributed by atoms with van der Waals surface area (Å²) in [6.45, 7) is 6.60. The van der Waals surface area contributed by atoms with Crippen LogP contribution in [0.25, 0.3) is 0 Å². The van der Waals surface area contributed by atoms with Crippen LogP contribution >= 0.6 is 0 Å². The molecule has 1 atom stereocenters. The average Bonchev–Trinajstić information content (AvgIpc) is 2.75. The highest BCUT2D eigenvalue weighted by Crippen LogP contribution is 2.27. The number of amides is 3. The number of carbonyl (C=O) groups is 2. The molecule has 114 valence electrons. The first-order valence-corrected chi connectivity index (χ1v) is 7.43. The van der Waals surface area contributed by atoms with Crippen LogP contribution in [-0.2, 0) is 4.74 Å². The molecular formula is C14H25N3O3. The predicted octanol–water partition coefficient (Wildman–Crippen LogP) is 1.66. The highest BCUT2D eigenvalue weighted by Gasteiger charge is 2.44. The highest BCUT2D eigenvalue weighted by atomic mass is 16.5. The van der Waals surface area contributed by atoms with Gasteiger partial charge in [-0.1, -0.05) is 13.8 Å². The third-order valence-corrected chi connectivity index (χ3v) is 4.08. The minimum Gasteiger partial charge on any atom is -0.452 e. The first kappa shape index (κ1) is 15.1. The minimum absolute atomic E-state index is 0.115. The van der Waals surface area contributed by atoms with Crippen molar-refractivity contribution in [2.75, 3.05) is 26.7 Å². The lowest BCUT2D eigenvalue weighted by molar-refractivity contribution is 0.127. The smallest absolute Gasteiger partial charge is 0.417 e. The number of ether oxygens (including phenoxy) is 1. The molecule has 2 saturated heterocycles. The molecule has 0 radical (unpaired) electrons. The molecule has 0 aromatic heterocycles. The molecule has 2 fully saturated rings. The molecule has 6 heteroatoms. The molecule has 2 aliphatic heterocycles. The van der Waals surface area contributed by atoms with Crippen molar-refractivity contribution >= 4 is 12.1 Å². The fraction of sp³-hybridized carbons (Fsp3) is 0.857. The van der Waals surface area contributed by atoms with Crippen LogP contribution in [0.2, 0.25) is 0 Å². The topological polar surface area (TPSA) is 61.9 Å². The molecule has 0 aliphatic carbocycles. The van der Waals surface area contributed by atoms with E-state index >= 15 is 0 Å². The highest BCUT2D eigenvalue weighted by molar-refractivity contribution is 5.93. The van der Waals surface area contributed by atoms with Crippen molar-refractivity contribution in [3.8, 4) is 0 Å². The van der Waals surface area contributed by atoms with Gasteiger partial charge in [-0.3, -0.25) is 0 Å². The van der Waals surface area contributed by atoms with E-state index in [0.717, 1.165) is 32.4 Å². The monoisotopic (exact) mass is 283 g/mol. The lowest BCUT2D eigenvalue weighted by Gasteiger charge is -2.35. The lowest BCUT2D eigenvalue weighted by Crippen LogP contribution is -2.48. The van der Waals surface area contributed by atoms with Gasteiger partial charge >= 0.3 is 12.1 Å². The van der Waals surface area contributed by atoms with Gasteiger partial charge in [0.05, 0.1) is 19.7 Å². The van der Waals surface area contributed by atoms with Gasteiger partial charge < -0.3 is 15.0 Å². The summed E-state index contributed by atoms with van der Waals surface area (Å²) in [5.74, 6) is 0.495. The van der Waals surface area contributed by atoms with Crippen LogP contribution in [0, 0.1) is 5.92 Å². The van der Waals surface area contributed by atoms with Gasteiger partial charge in [-0.2, -0.15) is 0 Å². The van der Waals surface area contributed by atoms with Crippen molar-refractivity contribution < 1.29 is 14.3 Å². The Morgan fingerprint density at radius 2 is 2.05 bits per heavy atom. The largest absolute Gasteiger partial charge is 0.452 e. The third-order valence-electron chi connectivity index (χ3n) is 4.08. The molecule has 0 aromatic carbocycles. The molecule has 0 aromatic rings. The Balaban J connectivity index is 2.14. The summed E-state index contributed by atoms with van der Waals surface area (Å²) in [7, 11) is 1.32. The molecule has 2 rings (SSSR count). The summed E-state index contributed by atoms with van der Waals surface area (Å²) in [5.41, 5.74) is 0. The van der Waals surface area contributed by atoms with Crippen LogP contribution in [0.1, 0.15) is 33.1 Å². The maximum atomic E-state index is 12.5. The van der Waals surface area contributed by atoms with E-state index in [4.69, 9.17) is 4.74 Å². The van der Waals surface area contributed by atoms with E-state index in [-0.39, 0.29) is 18.1 Å². The number of rotatable bonds is 3. The maximum absolute atomic E-state index is 12.5. The van der Waals surface area contributed by atoms with Gasteiger partial charge in [0.15, 0.2) is 0 Å². The van der Waals surface area contributed by atoms with Gasteiger partial charge in [-0.25, -0.2) is 14.5 Å². The van der Waals surface area contributed by atoms with E-state index in [9.17, 15) is 9.59 Å². The van der Waals surface area contributed by atoms with Crippen LogP contribution in [0.5, 0.6) is 0 Å². The molecule has 6 nitrogen and oxygen atoms in total. The predicted molar refractivity (Wildman–Crippen MR) is 75.5 cm³/mol. The minimum atomic E-state index is -0.541. The van der Waals surface area contributed by atoms with Crippen LogP contribution < -0.4 is 5.32 Å². The van der Waals surface area contributed by atoms with Crippen molar-refractivity contribution in [3.05, 3.63) is 0 Å². The fourth-order valence-corrected chi connectivity index (χ4v) is 3.21. The molecule has 1 unspecified atom stereocenters. The number of methoxy groups -OCH3 is 1. The maximum Gasteiger partial charge on any atom is 0.417 e. The second-order valence-electron chi connectivity index (χ2n) is 6.04. The molecular weight excluding hydrogens is 258 g/mol. The van der Waals surface area contributed by atoms with Gasteiger partial charge in [-0.05, 0) is 38.3 Å². The summed E-state index contributed by atoms with van der Waals surface area (Å²) in [6.07, 6.45) is 2.29. The quantitative estimate of drug-likeness (QED) is 0.855. The molecule has 0 spiro atoms.